The second-order valence-electron chi connectivity index (χ2n) is 6.05. The van der Waals surface area contributed by atoms with Gasteiger partial charge in [0.1, 0.15) is 0 Å². The van der Waals surface area contributed by atoms with Crippen molar-refractivity contribution in [2.24, 2.45) is 11.8 Å². The molecule has 0 aliphatic heterocycles. The van der Waals surface area contributed by atoms with Crippen LogP contribution in [0.25, 0.3) is 0 Å². The van der Waals surface area contributed by atoms with E-state index in [1.165, 1.54) is 70.6 Å². The van der Waals surface area contributed by atoms with E-state index in [0.717, 1.165) is 11.8 Å². The third-order valence-electron chi connectivity index (χ3n) is 4.55. The molecule has 0 aromatic rings. The van der Waals surface area contributed by atoms with Gasteiger partial charge in [0.25, 0.3) is 0 Å². The molecule has 2 atom stereocenters. The summed E-state index contributed by atoms with van der Waals surface area (Å²) in [5, 5.41) is 0. The van der Waals surface area contributed by atoms with Crippen LogP contribution in [0, 0.1) is 11.8 Å². The van der Waals surface area contributed by atoms with Crippen LogP contribution in [0.3, 0.4) is 0 Å². The van der Waals surface area contributed by atoms with Crippen molar-refractivity contribution in [2.75, 3.05) is 0 Å². The minimum absolute atomic E-state index is 0.944. The summed E-state index contributed by atoms with van der Waals surface area (Å²) in [6.45, 7) is 2.34. The van der Waals surface area contributed by atoms with E-state index in [-0.39, 0.29) is 0 Å². The Morgan fingerprint density at radius 2 is 1.38 bits per heavy atom. The summed E-state index contributed by atoms with van der Waals surface area (Å²) in [5.41, 5.74) is 1.67. The topological polar surface area (TPSA) is 0 Å². The molecule has 92 valence electrons. The van der Waals surface area contributed by atoms with E-state index >= 15 is 0 Å². The maximum atomic E-state index is 2.59. The molecule has 0 spiro atoms. The summed E-state index contributed by atoms with van der Waals surface area (Å²) in [6.07, 6.45) is 18.9. The molecule has 0 radical (unpaired) electrons. The predicted octanol–water partition coefficient (Wildman–Crippen LogP) is 5.48. The molecule has 2 rings (SSSR count). The molecule has 0 aromatic heterocycles. The van der Waals surface area contributed by atoms with Crippen molar-refractivity contribution in [3.05, 3.63) is 11.6 Å². The molecule has 0 nitrogen and oxygen atoms in total. The number of hydrogen-bond donors (Lipinski definition) is 0. The maximum absolute atomic E-state index is 2.59. The van der Waals surface area contributed by atoms with E-state index in [1.807, 2.05) is 0 Å². The zero-order valence-electron chi connectivity index (χ0n) is 11.0. The highest BCUT2D eigenvalue weighted by atomic mass is 14.3. The number of fused-ring (bicyclic) bond motifs is 1. The molecule has 1 fully saturated rings. The van der Waals surface area contributed by atoms with Crippen molar-refractivity contribution < 1.29 is 0 Å². The Labute approximate surface area is 102 Å². The molecule has 2 unspecified atom stereocenters. The van der Waals surface area contributed by atoms with Crippen LogP contribution in [0.1, 0.15) is 77.6 Å². The molecule has 0 heteroatoms. The van der Waals surface area contributed by atoms with E-state index in [1.54, 1.807) is 5.57 Å². The standard InChI is InChI=1S/C16H28/c1-14-12-15-10-8-6-4-2-3-5-7-9-11-16(15)13-14/h12,15-16H,2-11,13H2,1H3. The molecule has 0 saturated heterocycles. The van der Waals surface area contributed by atoms with E-state index < -0.39 is 0 Å². The maximum Gasteiger partial charge on any atom is -0.0200 e. The summed E-state index contributed by atoms with van der Waals surface area (Å²) < 4.78 is 0. The van der Waals surface area contributed by atoms with E-state index in [0.29, 0.717) is 0 Å². The van der Waals surface area contributed by atoms with Crippen LogP contribution < -0.4 is 0 Å². The quantitative estimate of drug-likeness (QED) is 0.474. The molecular weight excluding hydrogens is 192 g/mol. The average Bonchev–Trinajstić information content (AvgIpc) is 2.59. The van der Waals surface area contributed by atoms with Crippen LogP contribution >= 0.6 is 0 Å². The fourth-order valence-corrected chi connectivity index (χ4v) is 3.62. The normalized spacial score (nSPS) is 33.4. The molecule has 1 saturated carbocycles. The van der Waals surface area contributed by atoms with Crippen LogP contribution in [-0.4, -0.2) is 0 Å². The van der Waals surface area contributed by atoms with Gasteiger partial charge in [0.15, 0.2) is 0 Å². The lowest BCUT2D eigenvalue weighted by Gasteiger charge is -2.20. The van der Waals surface area contributed by atoms with Gasteiger partial charge in [0.05, 0.1) is 0 Å². The SMILES string of the molecule is CC1=CC2CCCCCCCCCCC2C1. The molecule has 0 bridgehead atoms. The van der Waals surface area contributed by atoms with Crippen LogP contribution in [0.4, 0.5) is 0 Å². The Kier molecular flexibility index (Phi) is 4.93. The lowest BCUT2D eigenvalue weighted by Crippen LogP contribution is -2.08. The van der Waals surface area contributed by atoms with Crippen LogP contribution in [0.15, 0.2) is 11.6 Å². The summed E-state index contributed by atoms with van der Waals surface area (Å²) in [5.74, 6) is 1.96. The molecule has 0 amide bonds. The molecule has 0 aromatic carbocycles. The van der Waals surface area contributed by atoms with Gasteiger partial charge in [-0.15, -0.1) is 0 Å². The molecule has 2 aliphatic carbocycles. The first kappa shape index (κ1) is 12.2. The fourth-order valence-electron chi connectivity index (χ4n) is 3.62. The lowest BCUT2D eigenvalue weighted by molar-refractivity contribution is 0.343. The zero-order valence-corrected chi connectivity index (χ0v) is 11.0. The summed E-state index contributed by atoms with van der Waals surface area (Å²) >= 11 is 0. The van der Waals surface area contributed by atoms with Gasteiger partial charge >= 0.3 is 0 Å². The van der Waals surface area contributed by atoms with Crippen molar-refractivity contribution >= 4 is 0 Å². The molecular formula is C16H28. The highest BCUT2D eigenvalue weighted by molar-refractivity contribution is 5.11. The highest BCUT2D eigenvalue weighted by Crippen LogP contribution is 2.37. The highest BCUT2D eigenvalue weighted by Gasteiger charge is 2.24. The van der Waals surface area contributed by atoms with Crippen LogP contribution in [0.2, 0.25) is 0 Å². The fraction of sp³-hybridized carbons (Fsp3) is 0.875. The third kappa shape index (κ3) is 3.64. The summed E-state index contributed by atoms with van der Waals surface area (Å²) in [7, 11) is 0. The monoisotopic (exact) mass is 220 g/mol. The van der Waals surface area contributed by atoms with Gasteiger partial charge in [-0.1, -0.05) is 63.0 Å². The summed E-state index contributed by atoms with van der Waals surface area (Å²) in [4.78, 5) is 0. The van der Waals surface area contributed by atoms with E-state index in [4.69, 9.17) is 0 Å². The third-order valence-corrected chi connectivity index (χ3v) is 4.55. The second-order valence-corrected chi connectivity index (χ2v) is 6.05. The van der Waals surface area contributed by atoms with Gasteiger partial charge in [-0.25, -0.2) is 0 Å². The number of rotatable bonds is 0. The summed E-state index contributed by atoms with van der Waals surface area (Å²) in [6, 6.07) is 0. The first-order chi connectivity index (χ1) is 7.86. The second kappa shape index (κ2) is 6.47. The van der Waals surface area contributed by atoms with E-state index in [9.17, 15) is 0 Å². The van der Waals surface area contributed by atoms with Crippen LogP contribution in [-0.2, 0) is 0 Å². The molecule has 16 heavy (non-hydrogen) atoms. The Hall–Kier alpha value is -0.260. The molecule has 0 N–H and O–H groups in total. The average molecular weight is 220 g/mol. The first-order valence-corrected chi connectivity index (χ1v) is 7.53. The van der Waals surface area contributed by atoms with Gasteiger partial charge in [-0.2, -0.15) is 0 Å². The first-order valence-electron chi connectivity index (χ1n) is 7.53. The van der Waals surface area contributed by atoms with Crippen molar-refractivity contribution in [1.29, 1.82) is 0 Å². The van der Waals surface area contributed by atoms with Gasteiger partial charge in [-0.05, 0) is 38.0 Å². The van der Waals surface area contributed by atoms with Crippen molar-refractivity contribution in [3.8, 4) is 0 Å². The Morgan fingerprint density at radius 3 is 2.06 bits per heavy atom. The molecule has 0 heterocycles. The Bertz CT molecular complexity index is 226. The minimum atomic E-state index is 0.944. The van der Waals surface area contributed by atoms with Gasteiger partial charge < -0.3 is 0 Å². The lowest BCUT2D eigenvalue weighted by atomic mass is 9.85. The van der Waals surface area contributed by atoms with Gasteiger partial charge in [0.2, 0.25) is 0 Å². The predicted molar refractivity (Wildman–Crippen MR) is 71.5 cm³/mol. The zero-order chi connectivity index (χ0) is 11.2. The minimum Gasteiger partial charge on any atom is -0.0822 e. The van der Waals surface area contributed by atoms with Crippen LogP contribution in [0.5, 0.6) is 0 Å². The smallest absolute Gasteiger partial charge is 0.0200 e. The van der Waals surface area contributed by atoms with Gasteiger partial charge in [-0.3, -0.25) is 0 Å². The Morgan fingerprint density at radius 1 is 0.812 bits per heavy atom. The van der Waals surface area contributed by atoms with Crippen molar-refractivity contribution in [1.82, 2.24) is 0 Å². The van der Waals surface area contributed by atoms with Crippen molar-refractivity contribution in [3.63, 3.8) is 0 Å². The van der Waals surface area contributed by atoms with Crippen molar-refractivity contribution in [2.45, 2.75) is 77.6 Å². The number of hydrogen-bond acceptors (Lipinski definition) is 0. The largest absolute Gasteiger partial charge is 0.0822 e. The van der Waals surface area contributed by atoms with Gasteiger partial charge in [0, 0.05) is 0 Å². The molecule has 2 aliphatic rings. The Balaban J connectivity index is 1.84. The van der Waals surface area contributed by atoms with E-state index in [2.05, 4.69) is 13.0 Å². The number of allylic oxidation sites excluding steroid dienone is 2.